The summed E-state index contributed by atoms with van der Waals surface area (Å²) in [6, 6.07) is 0. The fraction of sp³-hybridized carbons (Fsp3) is 0.375. The number of nitrogen functional groups attached to an aromatic ring is 1. The van der Waals surface area contributed by atoms with Crippen molar-refractivity contribution in [2.24, 2.45) is 5.84 Å². The van der Waals surface area contributed by atoms with Gasteiger partial charge in [-0.3, -0.25) is 10.5 Å². The Hall–Kier alpha value is -1.94. The smallest absolute Gasteiger partial charge is 0.241 e. The lowest BCUT2D eigenvalue weighted by molar-refractivity contribution is 0.602. The van der Waals surface area contributed by atoms with E-state index in [1.54, 1.807) is 6.20 Å². The van der Waals surface area contributed by atoms with Crippen molar-refractivity contribution in [3.8, 4) is 0 Å². The van der Waals surface area contributed by atoms with Crippen molar-refractivity contribution < 1.29 is 8.42 Å². The van der Waals surface area contributed by atoms with Crippen LogP contribution < -0.4 is 16.6 Å². The van der Waals surface area contributed by atoms with Crippen LogP contribution in [0.5, 0.6) is 0 Å². The topological polar surface area (TPSA) is 139 Å². The lowest BCUT2D eigenvalue weighted by Gasteiger charge is -2.07. The van der Waals surface area contributed by atoms with Gasteiger partial charge in [-0.05, 0) is 0 Å². The first kappa shape index (κ1) is 12.5. The predicted molar refractivity (Wildman–Crippen MR) is 67.7 cm³/mol. The van der Waals surface area contributed by atoms with Gasteiger partial charge in [-0.2, -0.15) is 15.1 Å². The van der Waals surface area contributed by atoms with Crippen LogP contribution in [0.15, 0.2) is 6.20 Å². The number of anilines is 2. The second-order valence-electron chi connectivity index (χ2n) is 3.73. The Morgan fingerprint density at radius 2 is 2.22 bits per heavy atom. The number of hydrogen-bond donors (Lipinski definition) is 4. The van der Waals surface area contributed by atoms with E-state index in [-0.39, 0.29) is 18.2 Å². The molecule has 0 aliphatic heterocycles. The second kappa shape index (κ2) is 4.74. The monoisotopic (exact) mass is 271 g/mol. The van der Waals surface area contributed by atoms with Gasteiger partial charge in [-0.1, -0.05) is 0 Å². The molecule has 0 saturated heterocycles. The van der Waals surface area contributed by atoms with Crippen LogP contribution in [0.2, 0.25) is 0 Å². The zero-order chi connectivity index (χ0) is 13.2. The van der Waals surface area contributed by atoms with Gasteiger partial charge in [0.25, 0.3) is 0 Å². The molecule has 0 saturated carbocycles. The maximum absolute atomic E-state index is 11.0. The number of hydrazine groups is 1. The van der Waals surface area contributed by atoms with Crippen molar-refractivity contribution in [1.82, 2.24) is 20.2 Å². The number of aromatic nitrogens is 4. The Kier molecular flexibility index (Phi) is 3.30. The van der Waals surface area contributed by atoms with E-state index in [0.29, 0.717) is 16.9 Å². The molecule has 0 fully saturated rings. The van der Waals surface area contributed by atoms with Crippen molar-refractivity contribution in [1.29, 1.82) is 0 Å². The summed E-state index contributed by atoms with van der Waals surface area (Å²) < 4.78 is 22.1. The van der Waals surface area contributed by atoms with Crippen molar-refractivity contribution in [2.75, 3.05) is 29.3 Å². The Bertz CT molecular complexity index is 651. The number of nitrogens with two attached hydrogens (primary N) is 1. The standard InChI is InChI=1S/C8H13N7O2S/c1-18(16,17)3-2-10-6-5-4-11-15-7(5)13-8(12-6)14-9/h4H,2-3,9H2,1H3,(H3,10,11,12,13,14,15). The number of rotatable bonds is 5. The third kappa shape index (κ3) is 2.84. The molecule has 0 spiro atoms. The third-order valence-corrected chi connectivity index (χ3v) is 3.15. The summed E-state index contributed by atoms with van der Waals surface area (Å²) in [6.45, 7) is 0.250. The van der Waals surface area contributed by atoms with Crippen LogP contribution in [-0.4, -0.2) is 47.1 Å². The van der Waals surface area contributed by atoms with E-state index in [9.17, 15) is 8.42 Å². The summed E-state index contributed by atoms with van der Waals surface area (Å²) in [5, 5.41) is 10.1. The van der Waals surface area contributed by atoms with Crippen LogP contribution in [0, 0.1) is 0 Å². The summed E-state index contributed by atoms with van der Waals surface area (Å²) in [7, 11) is -3.02. The van der Waals surface area contributed by atoms with Gasteiger partial charge in [0, 0.05) is 12.8 Å². The average Bonchev–Trinajstić information content (AvgIpc) is 2.75. The Morgan fingerprint density at radius 3 is 2.89 bits per heavy atom. The molecule has 2 aromatic rings. The van der Waals surface area contributed by atoms with Crippen LogP contribution in [0.1, 0.15) is 0 Å². The molecule has 2 rings (SSSR count). The second-order valence-corrected chi connectivity index (χ2v) is 5.99. The molecule has 5 N–H and O–H groups in total. The van der Waals surface area contributed by atoms with Gasteiger partial charge < -0.3 is 5.32 Å². The molecule has 0 amide bonds. The van der Waals surface area contributed by atoms with Crippen molar-refractivity contribution >= 4 is 32.6 Å². The molecule has 0 bridgehead atoms. The molecule has 0 unspecified atom stereocenters. The highest BCUT2D eigenvalue weighted by Gasteiger charge is 2.09. The normalized spacial score (nSPS) is 11.7. The van der Waals surface area contributed by atoms with Gasteiger partial charge in [0.1, 0.15) is 15.7 Å². The first-order valence-corrected chi connectivity index (χ1v) is 7.15. The molecule has 2 aromatic heterocycles. The van der Waals surface area contributed by atoms with Crippen molar-refractivity contribution in [3.05, 3.63) is 6.20 Å². The zero-order valence-corrected chi connectivity index (χ0v) is 10.5. The molecule has 0 aromatic carbocycles. The van der Waals surface area contributed by atoms with Crippen LogP contribution >= 0.6 is 0 Å². The van der Waals surface area contributed by atoms with E-state index in [4.69, 9.17) is 5.84 Å². The number of aromatic amines is 1. The largest absolute Gasteiger partial charge is 0.368 e. The Morgan fingerprint density at radius 1 is 1.44 bits per heavy atom. The summed E-state index contributed by atoms with van der Waals surface area (Å²) >= 11 is 0. The lowest BCUT2D eigenvalue weighted by atomic mass is 10.4. The molecular formula is C8H13N7O2S. The summed E-state index contributed by atoms with van der Waals surface area (Å²) in [6.07, 6.45) is 2.73. The van der Waals surface area contributed by atoms with E-state index in [2.05, 4.69) is 30.9 Å². The van der Waals surface area contributed by atoms with Gasteiger partial charge in [-0.15, -0.1) is 0 Å². The summed E-state index contributed by atoms with van der Waals surface area (Å²) in [4.78, 5) is 8.15. The Balaban J connectivity index is 2.23. The van der Waals surface area contributed by atoms with Gasteiger partial charge in [-0.25, -0.2) is 14.3 Å². The molecule has 18 heavy (non-hydrogen) atoms. The van der Waals surface area contributed by atoms with Crippen LogP contribution in [-0.2, 0) is 9.84 Å². The minimum atomic E-state index is -3.02. The molecule has 0 atom stereocenters. The molecule has 9 nitrogen and oxygen atoms in total. The number of nitrogens with zero attached hydrogens (tertiary/aromatic N) is 3. The molecule has 10 heteroatoms. The van der Waals surface area contributed by atoms with E-state index >= 15 is 0 Å². The van der Waals surface area contributed by atoms with Gasteiger partial charge in [0.2, 0.25) is 5.95 Å². The number of H-pyrrole nitrogens is 1. The molecule has 98 valence electrons. The highest BCUT2D eigenvalue weighted by Crippen LogP contribution is 2.19. The van der Waals surface area contributed by atoms with Gasteiger partial charge in [0.05, 0.1) is 17.3 Å². The minimum absolute atomic E-state index is 0.0156. The molecule has 0 aliphatic carbocycles. The predicted octanol–water partition coefficient (Wildman–Crippen LogP) is -0.905. The van der Waals surface area contributed by atoms with Crippen molar-refractivity contribution in [3.63, 3.8) is 0 Å². The highest BCUT2D eigenvalue weighted by molar-refractivity contribution is 7.90. The minimum Gasteiger partial charge on any atom is -0.368 e. The fourth-order valence-electron chi connectivity index (χ4n) is 1.39. The number of hydrogen-bond acceptors (Lipinski definition) is 8. The lowest BCUT2D eigenvalue weighted by Crippen LogP contribution is -2.16. The molecular weight excluding hydrogens is 258 g/mol. The Labute approximate surface area is 103 Å². The summed E-state index contributed by atoms with van der Waals surface area (Å²) in [5.41, 5.74) is 2.84. The van der Waals surface area contributed by atoms with Crippen LogP contribution in [0.3, 0.4) is 0 Å². The first-order chi connectivity index (χ1) is 8.49. The number of fused-ring (bicyclic) bond motifs is 1. The van der Waals surface area contributed by atoms with Gasteiger partial charge in [0.15, 0.2) is 5.65 Å². The van der Waals surface area contributed by atoms with E-state index in [1.807, 2.05) is 0 Å². The average molecular weight is 271 g/mol. The van der Waals surface area contributed by atoms with E-state index in [1.165, 1.54) is 6.26 Å². The fourth-order valence-corrected chi connectivity index (χ4v) is 1.86. The van der Waals surface area contributed by atoms with Crippen LogP contribution in [0.25, 0.3) is 11.0 Å². The van der Waals surface area contributed by atoms with Crippen molar-refractivity contribution in [2.45, 2.75) is 0 Å². The van der Waals surface area contributed by atoms with E-state index in [0.717, 1.165) is 0 Å². The SMILES string of the molecule is CS(=O)(=O)CCNc1nc(NN)nc2[nH]ncc12. The van der Waals surface area contributed by atoms with Crippen LogP contribution in [0.4, 0.5) is 11.8 Å². The van der Waals surface area contributed by atoms with Gasteiger partial charge >= 0.3 is 0 Å². The molecule has 0 aliphatic rings. The maximum atomic E-state index is 11.0. The number of nitrogens with one attached hydrogen (secondary N) is 3. The first-order valence-electron chi connectivity index (χ1n) is 5.09. The zero-order valence-electron chi connectivity index (χ0n) is 9.64. The molecule has 2 heterocycles. The third-order valence-electron chi connectivity index (χ3n) is 2.20. The van der Waals surface area contributed by atoms with E-state index < -0.39 is 9.84 Å². The molecule has 0 radical (unpaired) electrons. The number of sulfone groups is 1. The quantitative estimate of drug-likeness (QED) is 0.405. The summed E-state index contributed by atoms with van der Waals surface area (Å²) in [5.74, 6) is 5.95. The maximum Gasteiger partial charge on any atom is 0.241 e. The highest BCUT2D eigenvalue weighted by atomic mass is 32.2.